The molecule has 0 aromatic heterocycles. The van der Waals surface area contributed by atoms with Gasteiger partial charge in [0.05, 0.1) is 0 Å². The van der Waals surface area contributed by atoms with E-state index in [4.69, 9.17) is 5.73 Å². The first-order valence-corrected chi connectivity index (χ1v) is 7.40. The number of sulfonamides is 1. The lowest BCUT2D eigenvalue weighted by Crippen LogP contribution is -2.25. The van der Waals surface area contributed by atoms with Crippen LogP contribution in [0.5, 0.6) is 0 Å². The van der Waals surface area contributed by atoms with E-state index in [1.165, 1.54) is 0 Å². The number of nitrogen functional groups attached to an aromatic ring is 1. The molecule has 0 atom stereocenters. The average Bonchev–Trinajstić information content (AvgIpc) is 2.23. The Kier molecular flexibility index (Phi) is 4.91. The number of anilines is 1. The van der Waals surface area contributed by atoms with Gasteiger partial charge in [0, 0.05) is 16.7 Å². The molecule has 0 bridgehead atoms. The zero-order valence-corrected chi connectivity index (χ0v) is 11.7. The van der Waals surface area contributed by atoms with Gasteiger partial charge in [-0.25, -0.2) is 17.5 Å². The number of nitrogens with two attached hydrogens (primary N) is 1. The second kappa shape index (κ2) is 5.79. The van der Waals surface area contributed by atoms with E-state index >= 15 is 0 Å². The van der Waals surface area contributed by atoms with Crippen molar-refractivity contribution in [1.82, 2.24) is 4.72 Å². The third kappa shape index (κ3) is 3.65. The van der Waals surface area contributed by atoms with Crippen LogP contribution in [-0.2, 0) is 10.0 Å². The molecule has 0 spiro atoms. The van der Waals surface area contributed by atoms with Crippen molar-refractivity contribution < 1.29 is 12.8 Å². The standard InChI is InChI=1S/C10H14BrFN2O2S/c1-2-3-4-14-17(15,16)10-6-9(13)7(11)5-8(10)12/h5-6,14H,2-4,13H2,1H3. The maximum atomic E-state index is 13.5. The van der Waals surface area contributed by atoms with Crippen LogP contribution in [0.3, 0.4) is 0 Å². The second-order valence-corrected chi connectivity index (χ2v) is 6.15. The largest absolute Gasteiger partial charge is 0.398 e. The Balaban J connectivity index is 3.03. The minimum atomic E-state index is -3.83. The monoisotopic (exact) mass is 324 g/mol. The summed E-state index contributed by atoms with van der Waals surface area (Å²) in [5.74, 6) is -0.824. The smallest absolute Gasteiger partial charge is 0.243 e. The molecule has 0 aliphatic rings. The number of unbranched alkanes of at least 4 members (excludes halogenated alkanes) is 1. The molecule has 0 radical (unpaired) electrons. The Morgan fingerprint density at radius 2 is 2.12 bits per heavy atom. The first-order chi connectivity index (χ1) is 7.88. The van der Waals surface area contributed by atoms with Crippen LogP contribution in [0.15, 0.2) is 21.5 Å². The summed E-state index contributed by atoms with van der Waals surface area (Å²) in [5.41, 5.74) is 5.72. The molecule has 1 aromatic carbocycles. The lowest BCUT2D eigenvalue weighted by atomic mass is 10.3. The number of hydrogen-bond donors (Lipinski definition) is 2. The predicted molar refractivity (Wildman–Crippen MR) is 68.6 cm³/mol. The van der Waals surface area contributed by atoms with Gasteiger partial charge in [0.15, 0.2) is 0 Å². The third-order valence-corrected chi connectivity index (χ3v) is 4.33. The van der Waals surface area contributed by atoms with Gasteiger partial charge in [0.1, 0.15) is 10.7 Å². The molecule has 0 aliphatic carbocycles. The fourth-order valence-electron chi connectivity index (χ4n) is 1.21. The van der Waals surface area contributed by atoms with Crippen molar-refractivity contribution in [3.63, 3.8) is 0 Å². The van der Waals surface area contributed by atoms with Crippen molar-refractivity contribution in [1.29, 1.82) is 0 Å². The quantitative estimate of drug-likeness (QED) is 0.644. The van der Waals surface area contributed by atoms with Gasteiger partial charge >= 0.3 is 0 Å². The molecule has 0 amide bonds. The number of hydrogen-bond acceptors (Lipinski definition) is 3. The molecular weight excluding hydrogens is 311 g/mol. The zero-order valence-electron chi connectivity index (χ0n) is 9.33. The van der Waals surface area contributed by atoms with Crippen LogP contribution < -0.4 is 10.5 Å². The molecule has 0 saturated carbocycles. The lowest BCUT2D eigenvalue weighted by molar-refractivity contribution is 0.555. The van der Waals surface area contributed by atoms with Crippen molar-refractivity contribution in [2.45, 2.75) is 24.7 Å². The number of rotatable bonds is 5. The topological polar surface area (TPSA) is 72.2 Å². The van der Waals surface area contributed by atoms with Gasteiger partial charge in [-0.05, 0) is 34.5 Å². The molecule has 0 fully saturated rings. The molecule has 96 valence electrons. The minimum absolute atomic E-state index is 0.183. The highest BCUT2D eigenvalue weighted by atomic mass is 79.9. The van der Waals surface area contributed by atoms with Crippen molar-refractivity contribution in [3.8, 4) is 0 Å². The van der Waals surface area contributed by atoms with E-state index in [-0.39, 0.29) is 12.2 Å². The molecule has 0 saturated heterocycles. The fourth-order valence-corrected chi connectivity index (χ4v) is 2.69. The Morgan fingerprint density at radius 3 is 2.71 bits per heavy atom. The van der Waals surface area contributed by atoms with Crippen LogP contribution in [0.1, 0.15) is 19.8 Å². The first kappa shape index (κ1) is 14.4. The molecule has 17 heavy (non-hydrogen) atoms. The van der Waals surface area contributed by atoms with Gasteiger partial charge in [-0.2, -0.15) is 0 Å². The van der Waals surface area contributed by atoms with E-state index in [0.717, 1.165) is 18.6 Å². The minimum Gasteiger partial charge on any atom is -0.398 e. The first-order valence-electron chi connectivity index (χ1n) is 5.12. The highest BCUT2D eigenvalue weighted by Crippen LogP contribution is 2.25. The highest BCUT2D eigenvalue weighted by Gasteiger charge is 2.19. The van der Waals surface area contributed by atoms with Gasteiger partial charge in [-0.1, -0.05) is 13.3 Å². The molecule has 1 aromatic rings. The van der Waals surface area contributed by atoms with Crippen LogP contribution in [-0.4, -0.2) is 15.0 Å². The van der Waals surface area contributed by atoms with Crippen molar-refractivity contribution >= 4 is 31.6 Å². The summed E-state index contributed by atoms with van der Waals surface area (Å²) in [4.78, 5) is -0.422. The maximum absolute atomic E-state index is 13.5. The maximum Gasteiger partial charge on any atom is 0.243 e. The summed E-state index contributed by atoms with van der Waals surface area (Å²) in [5, 5.41) is 0. The van der Waals surface area contributed by atoms with Crippen LogP contribution in [0.2, 0.25) is 0 Å². The molecule has 1 rings (SSSR count). The van der Waals surface area contributed by atoms with Crippen LogP contribution in [0.4, 0.5) is 10.1 Å². The second-order valence-electron chi connectivity index (χ2n) is 3.56. The van der Waals surface area contributed by atoms with Gasteiger partial charge < -0.3 is 5.73 Å². The number of benzene rings is 1. The SMILES string of the molecule is CCCCNS(=O)(=O)c1cc(N)c(Br)cc1F. The summed E-state index contributed by atoms with van der Waals surface area (Å²) >= 11 is 3.03. The Bertz CT molecular complexity index is 505. The molecule has 0 unspecified atom stereocenters. The molecule has 0 heterocycles. The Morgan fingerprint density at radius 1 is 1.47 bits per heavy atom. The van der Waals surface area contributed by atoms with Gasteiger partial charge in [-0.3, -0.25) is 0 Å². The zero-order chi connectivity index (χ0) is 13.1. The Labute approximate surface area is 109 Å². The Hall–Kier alpha value is -0.660. The van der Waals surface area contributed by atoms with E-state index in [9.17, 15) is 12.8 Å². The average molecular weight is 325 g/mol. The summed E-state index contributed by atoms with van der Waals surface area (Å²) in [6, 6.07) is 2.15. The number of halogens is 2. The van der Waals surface area contributed by atoms with Crippen molar-refractivity contribution in [3.05, 3.63) is 22.4 Å². The van der Waals surface area contributed by atoms with Crippen molar-refractivity contribution in [2.75, 3.05) is 12.3 Å². The van der Waals surface area contributed by atoms with E-state index in [1.807, 2.05) is 6.92 Å². The number of nitrogens with one attached hydrogen (secondary N) is 1. The van der Waals surface area contributed by atoms with Crippen molar-refractivity contribution in [2.24, 2.45) is 0 Å². The summed E-state index contributed by atoms with van der Waals surface area (Å²) < 4.78 is 39.7. The van der Waals surface area contributed by atoms with Gasteiger partial charge in [0.25, 0.3) is 0 Å². The molecule has 7 heteroatoms. The molecule has 4 nitrogen and oxygen atoms in total. The third-order valence-electron chi connectivity index (χ3n) is 2.16. The van der Waals surface area contributed by atoms with E-state index in [0.29, 0.717) is 10.9 Å². The van der Waals surface area contributed by atoms with E-state index in [1.54, 1.807) is 0 Å². The molecule has 0 aliphatic heterocycles. The van der Waals surface area contributed by atoms with Crippen LogP contribution >= 0.6 is 15.9 Å². The van der Waals surface area contributed by atoms with E-state index < -0.39 is 20.7 Å². The summed E-state index contributed by atoms with van der Waals surface area (Å²) in [6.45, 7) is 2.22. The predicted octanol–water partition coefficient (Wildman–Crippen LogP) is 2.25. The van der Waals surface area contributed by atoms with Gasteiger partial charge in [0.2, 0.25) is 10.0 Å². The normalized spacial score (nSPS) is 11.7. The van der Waals surface area contributed by atoms with Crippen LogP contribution in [0.25, 0.3) is 0 Å². The summed E-state index contributed by atoms with van der Waals surface area (Å²) in [7, 11) is -3.83. The molecular formula is C10H14BrFN2O2S. The summed E-state index contributed by atoms with van der Waals surface area (Å²) in [6.07, 6.45) is 1.56. The van der Waals surface area contributed by atoms with Crippen LogP contribution in [0, 0.1) is 5.82 Å². The highest BCUT2D eigenvalue weighted by molar-refractivity contribution is 9.10. The van der Waals surface area contributed by atoms with Gasteiger partial charge in [-0.15, -0.1) is 0 Å². The molecule has 3 N–H and O–H groups in total. The fraction of sp³-hybridized carbons (Fsp3) is 0.400. The lowest BCUT2D eigenvalue weighted by Gasteiger charge is -2.08. The van der Waals surface area contributed by atoms with E-state index in [2.05, 4.69) is 20.7 Å².